The van der Waals surface area contributed by atoms with E-state index in [0.717, 1.165) is 28.9 Å². The van der Waals surface area contributed by atoms with E-state index < -0.39 is 49.3 Å². The predicted octanol–water partition coefficient (Wildman–Crippen LogP) is 9.82. The first-order valence-electron chi connectivity index (χ1n) is 32.8. The lowest BCUT2D eigenvalue weighted by atomic mass is 9.95. The molecular formula is C72H79N10O18P. The summed E-state index contributed by atoms with van der Waals surface area (Å²) in [5, 5.41) is 38.7. The van der Waals surface area contributed by atoms with Crippen molar-refractivity contribution in [3.8, 4) is 39.8 Å². The second-order valence-electron chi connectivity index (χ2n) is 24.3. The van der Waals surface area contributed by atoms with Gasteiger partial charge in [0.1, 0.15) is 60.2 Å². The van der Waals surface area contributed by atoms with Crippen molar-refractivity contribution >= 4 is 77.0 Å². The number of nitrogens with zero attached hydrogens (tertiary/aromatic N) is 7. The number of imidazole rings is 1. The number of unbranched alkanes of at least 4 members (excludes halogenated alkanes) is 1. The maximum absolute atomic E-state index is 14.2. The summed E-state index contributed by atoms with van der Waals surface area (Å²) >= 11 is 0. The van der Waals surface area contributed by atoms with Gasteiger partial charge >= 0.3 is 31.7 Å². The first-order chi connectivity index (χ1) is 48.6. The van der Waals surface area contributed by atoms with Crippen LogP contribution in [-0.4, -0.2) is 145 Å². The summed E-state index contributed by atoms with van der Waals surface area (Å²) in [7, 11) is -3.70. The molecule has 9 aromatic rings. The highest BCUT2D eigenvalue weighted by Crippen LogP contribution is 2.42. The Morgan fingerprint density at radius 2 is 1.38 bits per heavy atom. The van der Waals surface area contributed by atoms with Gasteiger partial charge in [-0.3, -0.25) is 24.3 Å². The van der Waals surface area contributed by atoms with Crippen molar-refractivity contribution < 1.29 is 86.1 Å². The van der Waals surface area contributed by atoms with Gasteiger partial charge in [-0.15, -0.1) is 5.10 Å². The molecule has 3 aromatic heterocycles. The molecule has 6 N–H and O–H groups in total. The molecule has 10 rings (SSSR count). The van der Waals surface area contributed by atoms with E-state index in [0.29, 0.717) is 94.4 Å². The zero-order valence-corrected chi connectivity index (χ0v) is 57.1. The van der Waals surface area contributed by atoms with Crippen LogP contribution in [0.1, 0.15) is 85.7 Å². The standard InChI is InChI=1S/C72H79N10O18P/c1-5-93-44-60-76-65-66(81(60)46-72(2,3)90)56-17-8-10-19-58(56)75-68(65)77-71(89)97-41-48-22-28-53(29-23-48)99-63(86)21-12-13-37-82-67-55-16-7-6-15-50(55)39-80(59-20-11-9-18-57(59)64(67)78-79-82)62(85)34-36-73-61(84)45-95-52-32-26-49(27-33-52)69(87)100-54-30-24-47(25-31-54)40-96-70(88)74-35-14-38-94-42-51(83)43-98-101(4,91)92/h6-11,15-20,22-33,51,83,90H,5,12-14,21,34-46H2,1-4H3,(H,73,84)(H,74,88)(H,91,92)(H,75,77,89). The van der Waals surface area contributed by atoms with Gasteiger partial charge in [0, 0.05) is 68.9 Å². The lowest BCUT2D eigenvalue weighted by Gasteiger charge is -2.28. The SMILES string of the molecule is CCOCc1nc2c(NC(=O)OCc3ccc(OC(=O)CCCCn4nnc5c4-c4ccccc4CN(C(=O)CCNC(=O)COc4ccc(C(=O)Oc6ccc(COC(=O)NCCCOCC(O)COP(C)(=O)O)cc6)cc4)c4ccccc4-5)cc3)nc3ccccc3c2n1CC(C)(C)O. The average Bonchev–Trinajstić information content (AvgIpc) is 1.65. The van der Waals surface area contributed by atoms with E-state index >= 15 is 0 Å². The summed E-state index contributed by atoms with van der Waals surface area (Å²) in [6, 6.07) is 41.7. The average molecular weight is 1400 g/mol. The first kappa shape index (κ1) is 73.3. The van der Waals surface area contributed by atoms with E-state index in [2.05, 4.69) is 30.8 Å². The van der Waals surface area contributed by atoms with Gasteiger partial charge in [-0.25, -0.2) is 29.0 Å². The molecule has 1 aliphatic rings. The monoisotopic (exact) mass is 1400 g/mol. The number of nitrogens with one attached hydrogen (secondary N) is 3. The van der Waals surface area contributed by atoms with Gasteiger partial charge in [-0.1, -0.05) is 90.1 Å². The lowest BCUT2D eigenvalue weighted by molar-refractivity contribution is -0.134. The zero-order chi connectivity index (χ0) is 71.5. The number of amides is 4. The highest BCUT2D eigenvalue weighted by atomic mass is 31.2. The molecule has 0 fully saturated rings. The minimum atomic E-state index is -3.70. The number of esters is 2. The Morgan fingerprint density at radius 3 is 2.10 bits per heavy atom. The molecular weight excluding hydrogens is 1320 g/mol. The molecule has 0 saturated heterocycles. The number of para-hydroxylation sites is 2. The van der Waals surface area contributed by atoms with E-state index in [1.54, 1.807) is 67.3 Å². The normalized spacial score (nSPS) is 12.8. The van der Waals surface area contributed by atoms with E-state index in [1.807, 2.05) is 89.0 Å². The molecule has 2 atom stereocenters. The minimum Gasteiger partial charge on any atom is -0.484 e. The fraction of sp³-hybridized carbons (Fsp3) is 0.333. The number of benzene rings is 6. The third-order valence-corrected chi connectivity index (χ3v) is 16.3. The fourth-order valence-electron chi connectivity index (χ4n) is 10.9. The van der Waals surface area contributed by atoms with Crippen molar-refractivity contribution in [3.63, 3.8) is 0 Å². The van der Waals surface area contributed by atoms with Gasteiger partial charge in [0.25, 0.3) is 5.91 Å². The molecule has 0 bridgehead atoms. The smallest absolute Gasteiger partial charge is 0.413 e. The Labute approximate surface area is 581 Å². The number of carbonyl (C=O) groups excluding carboxylic acids is 6. The molecule has 6 aromatic carbocycles. The quantitative estimate of drug-likeness (QED) is 0.00964. The van der Waals surface area contributed by atoms with Crippen LogP contribution >= 0.6 is 7.60 Å². The second-order valence-corrected chi connectivity index (χ2v) is 26.2. The molecule has 1 aliphatic heterocycles. The van der Waals surface area contributed by atoms with Gasteiger partial charge in [0.15, 0.2) is 12.4 Å². The number of hydrogen-bond donors (Lipinski definition) is 6. The van der Waals surface area contributed by atoms with Crippen LogP contribution in [0, 0.1) is 0 Å². The molecule has 0 saturated carbocycles. The maximum Gasteiger partial charge on any atom is 0.413 e. The number of aromatic nitrogens is 6. The minimum absolute atomic E-state index is 0.0203. The number of aliphatic hydroxyl groups excluding tert-OH is 1. The number of carbonyl (C=O) groups is 6. The highest BCUT2D eigenvalue weighted by molar-refractivity contribution is 7.51. The van der Waals surface area contributed by atoms with Crippen molar-refractivity contribution in [3.05, 3.63) is 174 Å². The van der Waals surface area contributed by atoms with Crippen molar-refractivity contribution in [2.75, 3.05) is 63.0 Å². The van der Waals surface area contributed by atoms with Crippen LogP contribution in [0.5, 0.6) is 17.2 Å². The third kappa shape index (κ3) is 20.8. The van der Waals surface area contributed by atoms with Crippen LogP contribution in [0.2, 0.25) is 0 Å². The maximum atomic E-state index is 14.2. The van der Waals surface area contributed by atoms with Gasteiger partial charge in [0.05, 0.1) is 59.9 Å². The molecule has 101 heavy (non-hydrogen) atoms. The summed E-state index contributed by atoms with van der Waals surface area (Å²) < 4.78 is 58.2. The highest BCUT2D eigenvalue weighted by Gasteiger charge is 2.30. The van der Waals surface area contributed by atoms with Crippen LogP contribution in [-0.2, 0) is 81.9 Å². The number of hydrogen-bond acceptors (Lipinski definition) is 21. The van der Waals surface area contributed by atoms with Gasteiger partial charge in [0.2, 0.25) is 5.91 Å². The number of anilines is 2. The topological polar surface area (TPSA) is 355 Å². The number of fused-ring (bicyclic) bond motifs is 8. The molecule has 0 aliphatic carbocycles. The number of alkyl carbamates (subject to hydrolysis) is 1. The van der Waals surface area contributed by atoms with Gasteiger partial charge in [-0.05, 0) is 117 Å². The van der Waals surface area contributed by atoms with Crippen LogP contribution in [0.15, 0.2) is 146 Å². The molecule has 2 unspecified atom stereocenters. The second kappa shape index (κ2) is 34.6. The third-order valence-electron chi connectivity index (χ3n) is 15.7. The predicted molar refractivity (Wildman–Crippen MR) is 371 cm³/mol. The van der Waals surface area contributed by atoms with Crippen LogP contribution in [0.4, 0.5) is 21.1 Å². The van der Waals surface area contributed by atoms with Crippen LogP contribution in [0.25, 0.3) is 44.5 Å². The van der Waals surface area contributed by atoms with Gasteiger partial charge in [-0.2, -0.15) is 0 Å². The molecule has 4 heterocycles. The van der Waals surface area contributed by atoms with E-state index in [1.165, 1.54) is 24.3 Å². The Kier molecular flexibility index (Phi) is 25.1. The lowest BCUT2D eigenvalue weighted by Crippen LogP contribution is -2.36. The van der Waals surface area contributed by atoms with Crippen molar-refractivity contribution in [2.24, 2.45) is 0 Å². The van der Waals surface area contributed by atoms with E-state index in [9.17, 15) is 43.5 Å². The molecule has 4 amide bonds. The van der Waals surface area contributed by atoms with E-state index in [-0.39, 0.29) is 108 Å². The number of ether oxygens (including phenoxy) is 7. The number of aryl methyl sites for hydroxylation is 1. The van der Waals surface area contributed by atoms with Gasteiger partial charge < -0.3 is 72.9 Å². The Balaban J connectivity index is 0.642. The number of rotatable bonds is 33. The largest absolute Gasteiger partial charge is 0.484 e. The van der Waals surface area contributed by atoms with E-state index in [4.69, 9.17) is 48.0 Å². The molecule has 29 heteroatoms. The first-order valence-corrected chi connectivity index (χ1v) is 34.8. The summed E-state index contributed by atoms with van der Waals surface area (Å²) in [6.45, 7) is 7.35. The molecule has 0 radical (unpaired) electrons. The van der Waals surface area contributed by atoms with Crippen molar-refractivity contribution in [1.29, 1.82) is 0 Å². The summed E-state index contributed by atoms with van der Waals surface area (Å²) in [5.74, 6) is -0.118. The van der Waals surface area contributed by atoms with Crippen LogP contribution in [0.3, 0.4) is 0 Å². The molecule has 0 spiro atoms. The zero-order valence-electron chi connectivity index (χ0n) is 56.2. The Morgan fingerprint density at radius 1 is 0.703 bits per heavy atom. The molecule has 530 valence electrons. The van der Waals surface area contributed by atoms with Crippen molar-refractivity contribution in [1.82, 2.24) is 40.2 Å². The van der Waals surface area contributed by atoms with Crippen molar-refractivity contribution in [2.45, 2.75) is 104 Å². The van der Waals surface area contributed by atoms with Crippen LogP contribution < -0.4 is 35.1 Å². The summed E-state index contributed by atoms with van der Waals surface area (Å²) in [5.41, 5.74) is 6.50. The Bertz CT molecular complexity index is 4420. The Hall–Kier alpha value is -10.5. The number of pyridine rings is 1. The summed E-state index contributed by atoms with van der Waals surface area (Å²) in [6.07, 6.45) is -0.929. The fourth-order valence-corrected chi connectivity index (χ4v) is 11.3. The number of aliphatic hydroxyl groups is 2. The summed E-state index contributed by atoms with van der Waals surface area (Å²) in [4.78, 5) is 99.1. The molecule has 28 nitrogen and oxygen atoms in total.